The molecule has 0 saturated carbocycles. The van der Waals surface area contributed by atoms with E-state index < -0.39 is 41.9 Å². The van der Waals surface area contributed by atoms with E-state index in [4.69, 9.17) is 0 Å². The maximum Gasteiger partial charge on any atom is 0.296 e. The number of aromatic amines is 1. The summed E-state index contributed by atoms with van der Waals surface area (Å²) in [5.74, 6) is -1.46. The Kier molecular flexibility index (Phi) is 7.62. The lowest BCUT2D eigenvalue weighted by molar-refractivity contribution is -0.138. The van der Waals surface area contributed by atoms with Gasteiger partial charge in [-0.25, -0.2) is 18.3 Å². The predicted octanol–water partition coefficient (Wildman–Crippen LogP) is 3.05. The van der Waals surface area contributed by atoms with Crippen molar-refractivity contribution in [2.75, 3.05) is 13.1 Å². The quantitative estimate of drug-likeness (QED) is 0.300. The van der Waals surface area contributed by atoms with E-state index in [-0.39, 0.29) is 50.5 Å². The van der Waals surface area contributed by atoms with E-state index in [9.17, 15) is 27.9 Å². The molecule has 216 valence electrons. The van der Waals surface area contributed by atoms with Crippen LogP contribution in [0.4, 0.5) is 13.2 Å². The molecule has 1 aliphatic heterocycles. The van der Waals surface area contributed by atoms with Crippen LogP contribution in [0.25, 0.3) is 27.8 Å². The minimum Gasteiger partial charge on any atom is -0.388 e. The number of carbonyl (C=O) groups is 1. The van der Waals surface area contributed by atoms with E-state index in [0.29, 0.717) is 5.69 Å². The highest BCUT2D eigenvalue weighted by atomic mass is 35.5. The highest BCUT2D eigenvalue weighted by Gasteiger charge is 2.36. The summed E-state index contributed by atoms with van der Waals surface area (Å²) in [4.78, 5) is 34.7. The van der Waals surface area contributed by atoms with Crippen molar-refractivity contribution in [1.29, 1.82) is 0 Å². The number of piperidine rings is 1. The molecule has 4 aromatic heterocycles. The Morgan fingerprint density at radius 2 is 1.95 bits per heavy atom. The molecule has 1 fully saturated rings. The SMILES string of the molecule is Cl.O=C(CC(C(F)F)n1ccc(F)n1)N1CCC(O)(Cn2cnn3c(-c4ccc5[nH]ccc5c4)cnc3c2=O)CC1. The molecule has 15 heteroatoms. The predicted molar refractivity (Wildman–Crippen MR) is 144 cm³/mol. The average Bonchev–Trinajstić information content (AvgIpc) is 3.68. The number of benzene rings is 1. The lowest BCUT2D eigenvalue weighted by Crippen LogP contribution is -2.50. The number of aliphatic hydroxyl groups is 1. The number of alkyl halides is 2. The molecular weight excluding hydrogens is 565 g/mol. The standard InChI is InChI=1S/C26H25F3N8O3.ClH/c27-21-4-8-36(33-21)19(23(28)29)12-22(38)34-9-5-26(40,6-10-34)14-35-15-32-37-20(13-31-24(37)25(35)39)17-1-2-18-16(11-17)3-7-30-18;/h1-4,7-8,11,13,15,19,23,30,40H,5-6,9-10,12,14H2;1H. The van der Waals surface area contributed by atoms with Crippen LogP contribution in [-0.2, 0) is 11.3 Å². The third-order valence-corrected chi connectivity index (χ3v) is 7.45. The van der Waals surface area contributed by atoms with E-state index in [1.807, 2.05) is 30.5 Å². The number of hydrogen-bond donors (Lipinski definition) is 2. The smallest absolute Gasteiger partial charge is 0.296 e. The summed E-state index contributed by atoms with van der Waals surface area (Å²) in [6, 6.07) is 7.10. The summed E-state index contributed by atoms with van der Waals surface area (Å²) in [7, 11) is 0. The van der Waals surface area contributed by atoms with Gasteiger partial charge < -0.3 is 15.0 Å². The zero-order chi connectivity index (χ0) is 28.0. The van der Waals surface area contributed by atoms with Gasteiger partial charge in [0.05, 0.1) is 30.5 Å². The van der Waals surface area contributed by atoms with Crippen LogP contribution < -0.4 is 5.56 Å². The van der Waals surface area contributed by atoms with Crippen molar-refractivity contribution in [2.24, 2.45) is 0 Å². The Morgan fingerprint density at radius 3 is 2.66 bits per heavy atom. The van der Waals surface area contributed by atoms with Crippen LogP contribution >= 0.6 is 12.4 Å². The largest absolute Gasteiger partial charge is 0.388 e. The molecule has 5 heterocycles. The van der Waals surface area contributed by atoms with Gasteiger partial charge in [0.15, 0.2) is 0 Å². The summed E-state index contributed by atoms with van der Waals surface area (Å²) < 4.78 is 43.8. The Bertz CT molecular complexity index is 1760. The van der Waals surface area contributed by atoms with E-state index in [2.05, 4.69) is 20.2 Å². The zero-order valence-electron chi connectivity index (χ0n) is 21.5. The van der Waals surface area contributed by atoms with Gasteiger partial charge in [-0.3, -0.25) is 18.8 Å². The Morgan fingerprint density at radius 1 is 1.17 bits per heavy atom. The Labute approximate surface area is 236 Å². The van der Waals surface area contributed by atoms with Crippen LogP contribution in [0.5, 0.6) is 0 Å². The molecule has 1 saturated heterocycles. The van der Waals surface area contributed by atoms with Crippen LogP contribution in [0.15, 0.2) is 60.0 Å². The molecule has 1 aliphatic rings. The number of H-pyrrole nitrogens is 1. The molecule has 1 amide bonds. The molecule has 41 heavy (non-hydrogen) atoms. The van der Waals surface area contributed by atoms with E-state index in [1.54, 1.807) is 6.20 Å². The number of rotatable bonds is 7. The van der Waals surface area contributed by atoms with Crippen molar-refractivity contribution < 1.29 is 23.1 Å². The first kappa shape index (κ1) is 28.4. The van der Waals surface area contributed by atoms with E-state index in [1.165, 1.54) is 20.3 Å². The number of nitrogens with zero attached hydrogens (tertiary/aromatic N) is 7. The number of likely N-dealkylation sites (tertiary alicyclic amines) is 1. The van der Waals surface area contributed by atoms with Gasteiger partial charge in [0.1, 0.15) is 12.4 Å². The maximum atomic E-state index is 13.5. The summed E-state index contributed by atoms with van der Waals surface area (Å²) in [6.07, 6.45) is 2.61. The minimum atomic E-state index is -2.92. The van der Waals surface area contributed by atoms with Gasteiger partial charge in [-0.15, -0.1) is 17.5 Å². The summed E-state index contributed by atoms with van der Waals surface area (Å²) in [5.41, 5.74) is 0.830. The summed E-state index contributed by atoms with van der Waals surface area (Å²) >= 11 is 0. The van der Waals surface area contributed by atoms with Gasteiger partial charge in [0.2, 0.25) is 17.5 Å². The van der Waals surface area contributed by atoms with Gasteiger partial charge in [-0.2, -0.15) is 9.49 Å². The molecule has 0 radical (unpaired) electrons. The van der Waals surface area contributed by atoms with Gasteiger partial charge in [0, 0.05) is 48.0 Å². The first-order valence-corrected chi connectivity index (χ1v) is 12.7. The molecule has 0 spiro atoms. The Balaban J connectivity index is 0.00000337. The van der Waals surface area contributed by atoms with Crippen molar-refractivity contribution in [3.8, 4) is 11.3 Å². The number of halogens is 4. The molecule has 0 aliphatic carbocycles. The molecule has 0 bridgehead atoms. The molecule has 6 rings (SSSR count). The molecule has 1 unspecified atom stereocenters. The lowest BCUT2D eigenvalue weighted by Gasteiger charge is -2.38. The number of carbonyl (C=O) groups excluding carboxylic acids is 1. The first-order chi connectivity index (χ1) is 19.2. The normalized spacial score (nSPS) is 15.9. The van der Waals surface area contributed by atoms with Crippen LogP contribution in [0.3, 0.4) is 0 Å². The maximum absolute atomic E-state index is 13.5. The second-order valence-corrected chi connectivity index (χ2v) is 10.1. The van der Waals surface area contributed by atoms with E-state index in [0.717, 1.165) is 33.4 Å². The van der Waals surface area contributed by atoms with Crippen LogP contribution in [0.1, 0.15) is 25.3 Å². The third kappa shape index (κ3) is 5.44. The van der Waals surface area contributed by atoms with Gasteiger partial charge >= 0.3 is 0 Å². The molecule has 2 N–H and O–H groups in total. The molecule has 5 aromatic rings. The summed E-state index contributed by atoms with van der Waals surface area (Å²) in [6.45, 7) is 0.151. The van der Waals surface area contributed by atoms with Crippen LogP contribution in [-0.4, -0.2) is 75.0 Å². The average molecular weight is 591 g/mol. The fourth-order valence-electron chi connectivity index (χ4n) is 5.18. The molecule has 1 atom stereocenters. The number of aromatic nitrogens is 7. The fourth-order valence-corrected chi connectivity index (χ4v) is 5.18. The van der Waals surface area contributed by atoms with Crippen molar-refractivity contribution in [2.45, 2.75) is 43.9 Å². The van der Waals surface area contributed by atoms with Crippen molar-refractivity contribution in [1.82, 2.24) is 38.8 Å². The second kappa shape index (κ2) is 11.0. The first-order valence-electron chi connectivity index (χ1n) is 12.7. The topological polar surface area (TPSA) is 126 Å². The fraction of sp³-hybridized carbons (Fsp3) is 0.346. The number of amides is 1. The highest BCUT2D eigenvalue weighted by molar-refractivity contribution is 5.85. The Hall–Kier alpha value is -4.17. The van der Waals surface area contributed by atoms with Crippen LogP contribution in [0, 0.1) is 5.95 Å². The van der Waals surface area contributed by atoms with E-state index >= 15 is 0 Å². The number of nitrogens with one attached hydrogen (secondary N) is 1. The highest BCUT2D eigenvalue weighted by Crippen LogP contribution is 2.28. The number of hydrogen-bond acceptors (Lipinski definition) is 6. The van der Waals surface area contributed by atoms with Crippen molar-refractivity contribution in [3.05, 3.63) is 71.6 Å². The van der Waals surface area contributed by atoms with Crippen molar-refractivity contribution in [3.63, 3.8) is 0 Å². The molecule has 11 nitrogen and oxygen atoms in total. The van der Waals surface area contributed by atoms with Crippen molar-refractivity contribution >= 4 is 34.9 Å². The number of fused-ring (bicyclic) bond motifs is 2. The molecular formula is C26H26ClF3N8O3. The van der Waals surface area contributed by atoms with Gasteiger partial charge in [-0.05, 0) is 31.0 Å². The zero-order valence-corrected chi connectivity index (χ0v) is 22.3. The second-order valence-electron chi connectivity index (χ2n) is 10.1. The number of imidazole rings is 1. The van der Waals surface area contributed by atoms with Crippen LogP contribution in [0.2, 0.25) is 0 Å². The summed E-state index contributed by atoms with van der Waals surface area (Å²) in [5, 5.41) is 20.0. The van der Waals surface area contributed by atoms with Gasteiger partial charge in [0.25, 0.3) is 12.0 Å². The minimum absolute atomic E-state index is 0. The molecule has 1 aromatic carbocycles. The third-order valence-electron chi connectivity index (χ3n) is 7.45. The monoisotopic (exact) mass is 590 g/mol. The lowest BCUT2D eigenvalue weighted by atomic mass is 9.91. The van der Waals surface area contributed by atoms with Gasteiger partial charge in [-0.1, -0.05) is 6.07 Å².